The Hall–Kier alpha value is -2.46. The Morgan fingerprint density at radius 1 is 1.03 bits per heavy atom. The number of hydrogen-bond donors (Lipinski definition) is 1. The van der Waals surface area contributed by atoms with Crippen LogP contribution in [0.4, 0.5) is 11.4 Å². The van der Waals surface area contributed by atoms with Gasteiger partial charge in [-0.25, -0.2) is 8.42 Å². The van der Waals surface area contributed by atoms with Crippen molar-refractivity contribution in [1.29, 1.82) is 0 Å². The van der Waals surface area contributed by atoms with Gasteiger partial charge in [-0.2, -0.15) is 9.40 Å². The molecular weight excluding hydrogens is 406 g/mol. The predicted molar refractivity (Wildman–Crippen MR) is 113 cm³/mol. The standard InChI is InChI=1S/C20H27N5O4S/c26-25(27)20-15-17(30(28,29)24-11-3-1-2-4-12-24)5-6-19(20)23-13-8-16(9-14-23)18-7-10-21-22-18/h5-7,10,15-16H,1-4,8-9,11-14H2,(H,21,22). The van der Waals surface area contributed by atoms with Gasteiger partial charge in [0.1, 0.15) is 5.69 Å². The van der Waals surface area contributed by atoms with Crippen molar-refractivity contribution in [1.82, 2.24) is 14.5 Å². The van der Waals surface area contributed by atoms with Crippen molar-refractivity contribution in [3.63, 3.8) is 0 Å². The van der Waals surface area contributed by atoms with Crippen molar-refractivity contribution in [3.05, 3.63) is 46.3 Å². The number of benzene rings is 1. The molecule has 2 aliphatic heterocycles. The van der Waals surface area contributed by atoms with E-state index in [4.69, 9.17) is 0 Å². The molecule has 0 aliphatic carbocycles. The van der Waals surface area contributed by atoms with Crippen molar-refractivity contribution in [3.8, 4) is 0 Å². The van der Waals surface area contributed by atoms with Gasteiger partial charge in [-0.1, -0.05) is 12.8 Å². The lowest BCUT2D eigenvalue weighted by Gasteiger charge is -2.33. The highest BCUT2D eigenvalue weighted by molar-refractivity contribution is 7.89. The zero-order valence-electron chi connectivity index (χ0n) is 16.9. The van der Waals surface area contributed by atoms with Crippen molar-refractivity contribution in [2.24, 2.45) is 0 Å². The number of nitro groups is 1. The molecule has 2 aromatic rings. The number of hydrogen-bond acceptors (Lipinski definition) is 6. The molecule has 10 heteroatoms. The number of anilines is 1. The van der Waals surface area contributed by atoms with Gasteiger partial charge in [0.05, 0.1) is 9.82 Å². The fourth-order valence-corrected chi connectivity index (χ4v) is 5.97. The third-order valence-electron chi connectivity index (χ3n) is 6.14. The molecule has 0 atom stereocenters. The minimum atomic E-state index is -3.73. The minimum Gasteiger partial charge on any atom is -0.366 e. The fraction of sp³-hybridized carbons (Fsp3) is 0.550. The zero-order valence-corrected chi connectivity index (χ0v) is 17.7. The first kappa shape index (κ1) is 20.8. The number of aromatic amines is 1. The summed E-state index contributed by atoms with van der Waals surface area (Å²) in [7, 11) is -3.73. The highest BCUT2D eigenvalue weighted by Crippen LogP contribution is 2.36. The Balaban J connectivity index is 1.56. The lowest BCUT2D eigenvalue weighted by Crippen LogP contribution is -2.34. The van der Waals surface area contributed by atoms with Gasteiger partial charge in [-0.3, -0.25) is 15.2 Å². The van der Waals surface area contributed by atoms with Gasteiger partial charge in [0.25, 0.3) is 5.69 Å². The smallest absolute Gasteiger partial charge is 0.293 e. The summed E-state index contributed by atoms with van der Waals surface area (Å²) in [6.45, 7) is 2.28. The monoisotopic (exact) mass is 433 g/mol. The number of sulfonamides is 1. The maximum atomic E-state index is 13.1. The predicted octanol–water partition coefficient (Wildman–Crippen LogP) is 3.27. The molecule has 9 nitrogen and oxygen atoms in total. The van der Waals surface area contributed by atoms with E-state index in [0.717, 1.165) is 44.2 Å². The van der Waals surface area contributed by atoms with E-state index in [2.05, 4.69) is 10.2 Å². The van der Waals surface area contributed by atoms with Crippen LogP contribution in [0.5, 0.6) is 0 Å². The Bertz CT molecular complexity index is 977. The van der Waals surface area contributed by atoms with Gasteiger partial charge in [-0.05, 0) is 43.9 Å². The van der Waals surface area contributed by atoms with E-state index in [0.29, 0.717) is 37.8 Å². The van der Waals surface area contributed by atoms with Crippen LogP contribution in [0.15, 0.2) is 35.4 Å². The van der Waals surface area contributed by atoms with Crippen LogP contribution in [-0.2, 0) is 10.0 Å². The van der Waals surface area contributed by atoms with Crippen LogP contribution in [0, 0.1) is 10.1 Å². The van der Waals surface area contributed by atoms with Crippen LogP contribution in [0.3, 0.4) is 0 Å². The molecule has 0 amide bonds. The SMILES string of the molecule is O=[N+]([O-])c1cc(S(=O)(=O)N2CCCCCC2)ccc1N1CCC(c2ccn[nH]2)CC1. The van der Waals surface area contributed by atoms with Gasteiger partial charge in [0, 0.05) is 50.1 Å². The van der Waals surface area contributed by atoms with Crippen LogP contribution in [0.1, 0.15) is 50.1 Å². The number of aromatic nitrogens is 2. The molecule has 30 heavy (non-hydrogen) atoms. The summed E-state index contributed by atoms with van der Waals surface area (Å²) in [5.41, 5.74) is 1.42. The third-order valence-corrected chi connectivity index (χ3v) is 8.04. The van der Waals surface area contributed by atoms with Crippen LogP contribution in [0.2, 0.25) is 0 Å². The van der Waals surface area contributed by atoms with Crippen molar-refractivity contribution < 1.29 is 13.3 Å². The van der Waals surface area contributed by atoms with Gasteiger partial charge in [-0.15, -0.1) is 0 Å². The Morgan fingerprint density at radius 3 is 2.33 bits per heavy atom. The largest absolute Gasteiger partial charge is 0.366 e. The molecule has 3 heterocycles. The van der Waals surface area contributed by atoms with E-state index in [-0.39, 0.29) is 10.6 Å². The van der Waals surface area contributed by atoms with Crippen LogP contribution in [-0.4, -0.2) is 54.0 Å². The molecule has 0 spiro atoms. The number of rotatable bonds is 5. The highest BCUT2D eigenvalue weighted by Gasteiger charge is 2.30. The second-order valence-electron chi connectivity index (χ2n) is 8.00. The van der Waals surface area contributed by atoms with Gasteiger partial charge in [0.2, 0.25) is 10.0 Å². The van der Waals surface area contributed by atoms with E-state index in [1.165, 1.54) is 16.4 Å². The Morgan fingerprint density at radius 2 is 1.73 bits per heavy atom. The highest BCUT2D eigenvalue weighted by atomic mass is 32.2. The van der Waals surface area contributed by atoms with E-state index in [1.54, 1.807) is 12.3 Å². The summed E-state index contributed by atoms with van der Waals surface area (Å²) in [4.78, 5) is 13.3. The molecule has 1 N–H and O–H groups in total. The maximum Gasteiger partial charge on any atom is 0.293 e. The number of H-pyrrole nitrogens is 1. The molecule has 0 saturated carbocycles. The minimum absolute atomic E-state index is 0.00666. The average molecular weight is 434 g/mol. The molecule has 0 radical (unpaired) electrons. The molecule has 0 bridgehead atoms. The number of nitrogens with one attached hydrogen (secondary N) is 1. The van der Waals surface area contributed by atoms with E-state index >= 15 is 0 Å². The second kappa shape index (κ2) is 8.73. The van der Waals surface area contributed by atoms with Crippen LogP contribution < -0.4 is 4.90 Å². The van der Waals surface area contributed by atoms with E-state index in [1.807, 2.05) is 11.0 Å². The number of nitrogens with zero attached hydrogens (tertiary/aromatic N) is 4. The molecule has 4 rings (SSSR count). The molecule has 2 fully saturated rings. The van der Waals surface area contributed by atoms with Gasteiger partial charge < -0.3 is 4.90 Å². The first-order chi connectivity index (χ1) is 14.5. The molecule has 0 unspecified atom stereocenters. The van der Waals surface area contributed by atoms with Gasteiger partial charge in [0.15, 0.2) is 0 Å². The summed E-state index contributed by atoms with van der Waals surface area (Å²) in [6, 6.07) is 6.31. The fourth-order valence-electron chi connectivity index (χ4n) is 4.43. The average Bonchev–Trinajstić information content (AvgIpc) is 3.15. The molecular formula is C20H27N5O4S. The van der Waals surface area contributed by atoms with Crippen molar-refractivity contribution >= 4 is 21.4 Å². The topological polar surface area (TPSA) is 112 Å². The second-order valence-corrected chi connectivity index (χ2v) is 9.94. The summed E-state index contributed by atoms with van der Waals surface area (Å²) in [5, 5.41) is 18.8. The van der Waals surface area contributed by atoms with E-state index in [9.17, 15) is 18.5 Å². The summed E-state index contributed by atoms with van der Waals surface area (Å²) in [5.74, 6) is 0.352. The van der Waals surface area contributed by atoms with Crippen LogP contribution >= 0.6 is 0 Å². The van der Waals surface area contributed by atoms with E-state index < -0.39 is 14.9 Å². The summed E-state index contributed by atoms with van der Waals surface area (Å²) >= 11 is 0. The lowest BCUT2D eigenvalue weighted by atomic mass is 9.93. The quantitative estimate of drug-likeness (QED) is 0.572. The van der Waals surface area contributed by atoms with Gasteiger partial charge >= 0.3 is 0 Å². The Kier molecular flexibility index (Phi) is 6.05. The molecule has 2 aliphatic rings. The summed E-state index contributed by atoms with van der Waals surface area (Å²) in [6.07, 6.45) is 7.12. The van der Waals surface area contributed by atoms with Crippen LogP contribution in [0.25, 0.3) is 0 Å². The normalized spacial score (nSPS) is 19.5. The zero-order chi connectivity index (χ0) is 21.1. The Labute approximate surface area is 176 Å². The molecule has 162 valence electrons. The summed E-state index contributed by atoms with van der Waals surface area (Å²) < 4.78 is 27.6. The third kappa shape index (κ3) is 4.20. The van der Waals surface area contributed by atoms with Crippen molar-refractivity contribution in [2.45, 2.75) is 49.3 Å². The number of piperidine rings is 1. The first-order valence-corrected chi connectivity index (χ1v) is 11.9. The van der Waals surface area contributed by atoms with Crippen molar-refractivity contribution in [2.75, 3.05) is 31.1 Å². The number of nitro benzene ring substituents is 1. The maximum absolute atomic E-state index is 13.1. The first-order valence-electron chi connectivity index (χ1n) is 10.5. The lowest BCUT2D eigenvalue weighted by molar-refractivity contribution is -0.384. The molecule has 1 aromatic carbocycles. The molecule has 2 saturated heterocycles. The molecule has 1 aromatic heterocycles.